The summed E-state index contributed by atoms with van der Waals surface area (Å²) in [5.74, 6) is 0.389. The second kappa shape index (κ2) is 7.30. The van der Waals surface area contributed by atoms with Gasteiger partial charge in [-0.1, -0.05) is 0 Å². The topological polar surface area (TPSA) is 74.3 Å². The van der Waals surface area contributed by atoms with Crippen LogP contribution in [0.2, 0.25) is 0 Å². The molecule has 0 aliphatic carbocycles. The maximum absolute atomic E-state index is 11.4. The van der Waals surface area contributed by atoms with Gasteiger partial charge in [-0.2, -0.15) is 0 Å². The SMILES string of the molecule is CCS(=O)(=O)Nc1ccc(NCCCN(C)C)cn1. The van der Waals surface area contributed by atoms with Crippen molar-refractivity contribution in [1.29, 1.82) is 0 Å². The number of hydrogen-bond donors (Lipinski definition) is 2. The molecular weight excluding hydrogens is 264 g/mol. The van der Waals surface area contributed by atoms with Gasteiger partial charge in [-0.15, -0.1) is 0 Å². The molecule has 1 rings (SSSR count). The van der Waals surface area contributed by atoms with E-state index in [1.54, 1.807) is 19.2 Å². The van der Waals surface area contributed by atoms with Crippen molar-refractivity contribution >= 4 is 21.5 Å². The molecule has 1 aromatic rings. The number of aromatic nitrogens is 1. The van der Waals surface area contributed by atoms with Gasteiger partial charge in [0, 0.05) is 6.54 Å². The molecule has 2 N–H and O–H groups in total. The van der Waals surface area contributed by atoms with Crippen LogP contribution < -0.4 is 10.0 Å². The van der Waals surface area contributed by atoms with Crippen molar-refractivity contribution in [1.82, 2.24) is 9.88 Å². The summed E-state index contributed by atoms with van der Waals surface area (Å²) in [6.45, 7) is 3.47. The fourth-order valence-corrected chi connectivity index (χ4v) is 2.00. The van der Waals surface area contributed by atoms with Gasteiger partial charge in [0.25, 0.3) is 0 Å². The van der Waals surface area contributed by atoms with E-state index in [2.05, 4.69) is 19.9 Å². The zero-order valence-corrected chi connectivity index (χ0v) is 12.5. The van der Waals surface area contributed by atoms with Crippen LogP contribution in [0.25, 0.3) is 0 Å². The Balaban J connectivity index is 2.44. The van der Waals surface area contributed by atoms with Crippen LogP contribution in [0, 0.1) is 0 Å². The minimum atomic E-state index is -3.25. The van der Waals surface area contributed by atoms with Crippen LogP contribution in [0.15, 0.2) is 18.3 Å². The monoisotopic (exact) mass is 286 g/mol. The quantitative estimate of drug-likeness (QED) is 0.703. The van der Waals surface area contributed by atoms with E-state index in [1.807, 2.05) is 20.2 Å². The fraction of sp³-hybridized carbons (Fsp3) is 0.583. The smallest absolute Gasteiger partial charge is 0.233 e. The maximum Gasteiger partial charge on any atom is 0.233 e. The fourth-order valence-electron chi connectivity index (χ4n) is 1.42. The predicted octanol–water partition coefficient (Wildman–Crippen LogP) is 1.21. The summed E-state index contributed by atoms with van der Waals surface area (Å²) in [7, 11) is 0.822. The van der Waals surface area contributed by atoms with Gasteiger partial charge in [-0.3, -0.25) is 4.72 Å². The van der Waals surface area contributed by atoms with Gasteiger partial charge in [0.1, 0.15) is 5.82 Å². The normalized spacial score (nSPS) is 11.6. The van der Waals surface area contributed by atoms with Crippen LogP contribution in [-0.4, -0.2) is 51.2 Å². The van der Waals surface area contributed by atoms with Crippen LogP contribution in [0.1, 0.15) is 13.3 Å². The van der Waals surface area contributed by atoms with Gasteiger partial charge in [0.2, 0.25) is 10.0 Å². The Kier molecular flexibility index (Phi) is 6.04. The molecule has 6 nitrogen and oxygen atoms in total. The van der Waals surface area contributed by atoms with Gasteiger partial charge in [0.05, 0.1) is 17.6 Å². The van der Waals surface area contributed by atoms with E-state index in [-0.39, 0.29) is 5.75 Å². The molecule has 0 unspecified atom stereocenters. The molecule has 108 valence electrons. The number of nitrogens with one attached hydrogen (secondary N) is 2. The standard InChI is InChI=1S/C12H22N4O2S/c1-4-19(17,18)15-12-7-6-11(10-14-12)13-8-5-9-16(2)3/h6-7,10,13H,4-5,8-9H2,1-3H3,(H,14,15). The third-order valence-corrected chi connectivity index (χ3v) is 3.80. The average molecular weight is 286 g/mol. The summed E-state index contributed by atoms with van der Waals surface area (Å²) in [5, 5.41) is 3.24. The second-order valence-corrected chi connectivity index (χ2v) is 6.53. The molecule has 0 saturated carbocycles. The lowest BCUT2D eigenvalue weighted by Crippen LogP contribution is -2.17. The first-order chi connectivity index (χ1) is 8.93. The predicted molar refractivity (Wildman–Crippen MR) is 79.0 cm³/mol. The van der Waals surface area contributed by atoms with Crippen LogP contribution in [0.5, 0.6) is 0 Å². The molecule has 0 bridgehead atoms. The van der Waals surface area contributed by atoms with Crippen molar-refractivity contribution < 1.29 is 8.42 Å². The van der Waals surface area contributed by atoms with Crippen molar-refractivity contribution in [3.05, 3.63) is 18.3 Å². The van der Waals surface area contributed by atoms with Gasteiger partial charge in [-0.05, 0) is 46.1 Å². The molecule has 1 aromatic heterocycles. The molecule has 1 heterocycles. The summed E-state index contributed by atoms with van der Waals surface area (Å²) < 4.78 is 25.1. The Bertz CT molecular complexity index is 471. The zero-order valence-electron chi connectivity index (χ0n) is 11.7. The van der Waals surface area contributed by atoms with Gasteiger partial charge < -0.3 is 10.2 Å². The van der Waals surface area contributed by atoms with Crippen LogP contribution >= 0.6 is 0 Å². The minimum Gasteiger partial charge on any atom is -0.384 e. The Morgan fingerprint density at radius 1 is 1.32 bits per heavy atom. The van der Waals surface area contributed by atoms with Crippen molar-refractivity contribution in [3.8, 4) is 0 Å². The first kappa shape index (κ1) is 15.7. The Morgan fingerprint density at radius 2 is 2.05 bits per heavy atom. The maximum atomic E-state index is 11.4. The van der Waals surface area contributed by atoms with Gasteiger partial charge in [-0.25, -0.2) is 13.4 Å². The summed E-state index contributed by atoms with van der Waals surface area (Å²) in [6, 6.07) is 3.47. The molecule has 7 heteroatoms. The number of hydrogen-bond acceptors (Lipinski definition) is 5. The van der Waals surface area contributed by atoms with Gasteiger partial charge >= 0.3 is 0 Å². The molecular formula is C12H22N4O2S. The molecule has 0 aliphatic heterocycles. The lowest BCUT2D eigenvalue weighted by Gasteiger charge is -2.11. The number of rotatable bonds is 8. The third kappa shape index (κ3) is 6.40. The van der Waals surface area contributed by atoms with Crippen molar-refractivity contribution in [3.63, 3.8) is 0 Å². The lowest BCUT2D eigenvalue weighted by atomic mass is 10.3. The molecule has 0 fully saturated rings. The van der Waals surface area contributed by atoms with E-state index in [4.69, 9.17) is 0 Å². The number of pyridine rings is 1. The summed E-state index contributed by atoms with van der Waals surface area (Å²) in [5.41, 5.74) is 0.887. The minimum absolute atomic E-state index is 0.0409. The zero-order chi connectivity index (χ0) is 14.3. The molecule has 0 aromatic carbocycles. The summed E-state index contributed by atoms with van der Waals surface area (Å²) >= 11 is 0. The second-order valence-electron chi connectivity index (χ2n) is 4.52. The van der Waals surface area contributed by atoms with Crippen molar-refractivity contribution in [2.45, 2.75) is 13.3 Å². The Labute approximate surface area is 115 Å². The average Bonchev–Trinajstić information content (AvgIpc) is 2.36. The molecule has 19 heavy (non-hydrogen) atoms. The van der Waals surface area contributed by atoms with Crippen molar-refractivity contribution in [2.75, 3.05) is 43.0 Å². The van der Waals surface area contributed by atoms with E-state index in [0.717, 1.165) is 25.2 Å². The van der Waals surface area contributed by atoms with E-state index in [9.17, 15) is 8.42 Å². The molecule has 0 amide bonds. The Hall–Kier alpha value is -1.34. The van der Waals surface area contributed by atoms with E-state index >= 15 is 0 Å². The highest BCUT2D eigenvalue weighted by Crippen LogP contribution is 2.11. The number of anilines is 2. The van der Waals surface area contributed by atoms with Crippen LogP contribution in [-0.2, 0) is 10.0 Å². The largest absolute Gasteiger partial charge is 0.384 e. The van der Waals surface area contributed by atoms with E-state index in [1.165, 1.54) is 0 Å². The van der Waals surface area contributed by atoms with Gasteiger partial charge in [0.15, 0.2) is 0 Å². The highest BCUT2D eigenvalue weighted by Gasteiger charge is 2.06. The van der Waals surface area contributed by atoms with E-state index < -0.39 is 10.0 Å². The highest BCUT2D eigenvalue weighted by molar-refractivity contribution is 7.92. The Morgan fingerprint density at radius 3 is 2.58 bits per heavy atom. The van der Waals surface area contributed by atoms with Crippen LogP contribution in [0.4, 0.5) is 11.5 Å². The van der Waals surface area contributed by atoms with Crippen molar-refractivity contribution in [2.24, 2.45) is 0 Å². The van der Waals surface area contributed by atoms with E-state index in [0.29, 0.717) is 5.82 Å². The molecule has 0 spiro atoms. The summed E-state index contributed by atoms with van der Waals surface area (Å²) in [6.07, 6.45) is 2.67. The molecule has 0 atom stereocenters. The first-order valence-corrected chi connectivity index (χ1v) is 7.93. The first-order valence-electron chi connectivity index (χ1n) is 6.28. The molecule has 0 radical (unpaired) electrons. The number of nitrogens with zero attached hydrogens (tertiary/aromatic N) is 2. The number of sulfonamides is 1. The third-order valence-electron chi connectivity index (χ3n) is 2.51. The lowest BCUT2D eigenvalue weighted by molar-refractivity contribution is 0.405. The molecule has 0 aliphatic rings. The summed E-state index contributed by atoms with van der Waals surface area (Å²) in [4.78, 5) is 6.19. The molecule has 0 saturated heterocycles. The van der Waals surface area contributed by atoms with Crippen LogP contribution in [0.3, 0.4) is 0 Å². The highest BCUT2D eigenvalue weighted by atomic mass is 32.2.